The lowest BCUT2D eigenvalue weighted by Crippen LogP contribution is -1.94. The van der Waals surface area contributed by atoms with E-state index < -0.39 is 0 Å². The van der Waals surface area contributed by atoms with Crippen LogP contribution in [-0.4, -0.2) is 8.99 Å². The predicted molar refractivity (Wildman–Crippen MR) is 79.4 cm³/mol. The largest absolute Gasteiger partial charge is 0.347 e. The second-order valence-corrected chi connectivity index (χ2v) is 5.24. The fourth-order valence-electron chi connectivity index (χ4n) is 2.14. The molecule has 1 heterocycles. The van der Waals surface area contributed by atoms with E-state index in [1.54, 1.807) is 0 Å². The summed E-state index contributed by atoms with van der Waals surface area (Å²) in [7, 11) is 0. The monoisotopic (exact) mass is 327 g/mol. The minimum absolute atomic E-state index is 1.15. The molecule has 16 heavy (non-hydrogen) atoms. The molecule has 86 valence electrons. The Morgan fingerprint density at radius 2 is 2.06 bits per heavy atom. The maximum atomic E-state index is 2.45. The second kappa shape index (κ2) is 5.71. The molecule has 1 aromatic carbocycles. The van der Waals surface area contributed by atoms with Gasteiger partial charge in [-0.2, -0.15) is 0 Å². The number of unbranched alkanes of at least 4 members (excludes halogenated alkanes) is 1. The molecule has 0 amide bonds. The summed E-state index contributed by atoms with van der Waals surface area (Å²) in [5.74, 6) is 0. The fraction of sp³-hybridized carbons (Fsp3) is 0.429. The molecule has 0 saturated heterocycles. The van der Waals surface area contributed by atoms with Crippen LogP contribution in [0.5, 0.6) is 0 Å². The summed E-state index contributed by atoms with van der Waals surface area (Å²) in [6.07, 6.45) is 6.05. The van der Waals surface area contributed by atoms with E-state index in [0.29, 0.717) is 0 Å². The van der Waals surface area contributed by atoms with Crippen LogP contribution in [0.1, 0.15) is 25.3 Å². The molecule has 2 rings (SSSR count). The summed E-state index contributed by atoms with van der Waals surface area (Å²) in [6.45, 7) is 3.40. The third-order valence-corrected chi connectivity index (χ3v) is 3.53. The van der Waals surface area contributed by atoms with Crippen LogP contribution in [0.15, 0.2) is 30.5 Å². The smallest absolute Gasteiger partial charge is 0.0483 e. The number of alkyl halides is 1. The van der Waals surface area contributed by atoms with E-state index in [-0.39, 0.29) is 0 Å². The minimum Gasteiger partial charge on any atom is -0.347 e. The van der Waals surface area contributed by atoms with Crippen molar-refractivity contribution in [2.75, 3.05) is 4.43 Å². The summed E-state index contributed by atoms with van der Waals surface area (Å²) in [6, 6.07) is 8.77. The number of fused-ring (bicyclic) bond motifs is 1. The Bertz CT molecular complexity index is 459. The molecule has 0 saturated carbocycles. The highest BCUT2D eigenvalue weighted by atomic mass is 127. The predicted octanol–water partition coefficient (Wildman–Crippen LogP) is 4.42. The molecule has 0 unspecified atom stereocenters. The highest BCUT2D eigenvalue weighted by Crippen LogP contribution is 2.22. The Balaban J connectivity index is 2.40. The fourth-order valence-corrected chi connectivity index (χ4v) is 2.72. The molecule has 0 aliphatic rings. The van der Waals surface area contributed by atoms with Crippen LogP contribution in [0.25, 0.3) is 10.9 Å². The molecule has 2 heteroatoms. The Hall–Kier alpha value is -0.510. The SMILES string of the molecule is CCCCn1cc(CCI)c2ccccc21. The van der Waals surface area contributed by atoms with Crippen molar-refractivity contribution in [3.05, 3.63) is 36.0 Å². The summed E-state index contributed by atoms with van der Waals surface area (Å²) in [4.78, 5) is 0. The normalized spacial score (nSPS) is 11.1. The first-order valence-corrected chi connectivity index (χ1v) is 7.52. The molecule has 1 nitrogen and oxygen atoms in total. The average molecular weight is 327 g/mol. The number of aryl methyl sites for hydroxylation is 2. The quantitative estimate of drug-likeness (QED) is 0.566. The van der Waals surface area contributed by atoms with Crippen molar-refractivity contribution in [3.8, 4) is 0 Å². The summed E-state index contributed by atoms with van der Waals surface area (Å²) in [5, 5.41) is 1.44. The Kier molecular flexibility index (Phi) is 4.27. The van der Waals surface area contributed by atoms with Crippen molar-refractivity contribution in [1.82, 2.24) is 4.57 Å². The van der Waals surface area contributed by atoms with Crippen LogP contribution in [0.2, 0.25) is 0 Å². The molecule has 0 N–H and O–H groups in total. The van der Waals surface area contributed by atoms with Gasteiger partial charge in [0.1, 0.15) is 0 Å². The third-order valence-electron chi connectivity index (χ3n) is 2.99. The van der Waals surface area contributed by atoms with Crippen LogP contribution in [0, 0.1) is 0 Å². The number of para-hydroxylation sites is 1. The van der Waals surface area contributed by atoms with E-state index in [0.717, 1.165) is 6.54 Å². The van der Waals surface area contributed by atoms with Gasteiger partial charge in [-0.15, -0.1) is 0 Å². The molecular weight excluding hydrogens is 309 g/mol. The summed E-state index contributed by atoms with van der Waals surface area (Å²) < 4.78 is 3.61. The Labute approximate surface area is 111 Å². The van der Waals surface area contributed by atoms with Gasteiger partial charge in [-0.25, -0.2) is 0 Å². The second-order valence-electron chi connectivity index (χ2n) is 4.16. The number of hydrogen-bond donors (Lipinski definition) is 0. The molecule has 0 aliphatic heterocycles. The average Bonchev–Trinajstić information content (AvgIpc) is 2.66. The maximum Gasteiger partial charge on any atom is 0.0483 e. The highest BCUT2D eigenvalue weighted by Gasteiger charge is 2.06. The molecular formula is C14H18IN. The summed E-state index contributed by atoms with van der Waals surface area (Å²) >= 11 is 2.45. The van der Waals surface area contributed by atoms with Gasteiger partial charge in [-0.1, -0.05) is 54.1 Å². The first-order valence-electron chi connectivity index (χ1n) is 5.99. The van der Waals surface area contributed by atoms with Crippen LogP contribution in [-0.2, 0) is 13.0 Å². The Morgan fingerprint density at radius 3 is 2.81 bits per heavy atom. The first kappa shape index (κ1) is 12.0. The van der Waals surface area contributed by atoms with Gasteiger partial charge >= 0.3 is 0 Å². The number of rotatable bonds is 5. The molecule has 0 bridgehead atoms. The van der Waals surface area contributed by atoms with Gasteiger partial charge in [0.25, 0.3) is 0 Å². The summed E-state index contributed by atoms with van der Waals surface area (Å²) in [5.41, 5.74) is 2.90. The molecule has 1 aromatic heterocycles. The number of hydrogen-bond acceptors (Lipinski definition) is 0. The third kappa shape index (κ3) is 2.42. The van der Waals surface area contributed by atoms with E-state index in [1.807, 2.05) is 0 Å². The van der Waals surface area contributed by atoms with Crippen molar-refractivity contribution < 1.29 is 0 Å². The van der Waals surface area contributed by atoms with Crippen molar-refractivity contribution in [1.29, 1.82) is 0 Å². The molecule has 0 radical (unpaired) electrons. The van der Waals surface area contributed by atoms with E-state index in [2.05, 4.69) is 64.5 Å². The van der Waals surface area contributed by atoms with Crippen LogP contribution in [0.4, 0.5) is 0 Å². The molecule has 0 atom stereocenters. The lowest BCUT2D eigenvalue weighted by atomic mass is 10.1. The number of benzene rings is 1. The first-order chi connectivity index (χ1) is 7.86. The lowest BCUT2D eigenvalue weighted by Gasteiger charge is -2.02. The number of aromatic nitrogens is 1. The van der Waals surface area contributed by atoms with Crippen LogP contribution < -0.4 is 0 Å². The van der Waals surface area contributed by atoms with Gasteiger partial charge in [-0.05, 0) is 24.5 Å². The van der Waals surface area contributed by atoms with Gasteiger partial charge in [0.05, 0.1) is 0 Å². The molecule has 2 aromatic rings. The Morgan fingerprint density at radius 1 is 1.25 bits per heavy atom. The van der Waals surface area contributed by atoms with E-state index in [1.165, 1.54) is 40.2 Å². The van der Waals surface area contributed by atoms with Gasteiger partial charge in [0.15, 0.2) is 0 Å². The lowest BCUT2D eigenvalue weighted by molar-refractivity contribution is 0.648. The van der Waals surface area contributed by atoms with Crippen LogP contribution >= 0.6 is 22.6 Å². The van der Waals surface area contributed by atoms with Crippen LogP contribution in [0.3, 0.4) is 0 Å². The van der Waals surface area contributed by atoms with Gasteiger partial charge < -0.3 is 4.57 Å². The van der Waals surface area contributed by atoms with Crippen molar-refractivity contribution in [2.24, 2.45) is 0 Å². The zero-order valence-corrected chi connectivity index (χ0v) is 11.9. The minimum atomic E-state index is 1.15. The van der Waals surface area contributed by atoms with Crippen molar-refractivity contribution in [3.63, 3.8) is 0 Å². The molecule has 0 fully saturated rings. The van der Waals surface area contributed by atoms with Gasteiger partial charge in [0, 0.05) is 28.1 Å². The van der Waals surface area contributed by atoms with Gasteiger partial charge in [-0.3, -0.25) is 0 Å². The number of halogens is 1. The van der Waals surface area contributed by atoms with Gasteiger partial charge in [0.2, 0.25) is 0 Å². The topological polar surface area (TPSA) is 4.93 Å². The molecule has 0 spiro atoms. The highest BCUT2D eigenvalue weighted by molar-refractivity contribution is 14.1. The zero-order chi connectivity index (χ0) is 11.4. The van der Waals surface area contributed by atoms with Crippen molar-refractivity contribution >= 4 is 33.5 Å². The zero-order valence-electron chi connectivity index (χ0n) is 9.75. The van der Waals surface area contributed by atoms with Crippen molar-refractivity contribution in [2.45, 2.75) is 32.7 Å². The van der Waals surface area contributed by atoms with E-state index in [9.17, 15) is 0 Å². The van der Waals surface area contributed by atoms with E-state index in [4.69, 9.17) is 0 Å². The van der Waals surface area contributed by atoms with E-state index >= 15 is 0 Å². The number of nitrogens with zero attached hydrogens (tertiary/aromatic N) is 1. The maximum absolute atomic E-state index is 2.45. The standard InChI is InChI=1S/C14H18IN/c1-2-3-10-16-11-12(8-9-15)13-6-4-5-7-14(13)16/h4-7,11H,2-3,8-10H2,1H3. The molecule has 0 aliphatic carbocycles.